The molecule has 0 heterocycles. The Morgan fingerprint density at radius 1 is 1.40 bits per heavy atom. The predicted octanol–water partition coefficient (Wildman–Crippen LogP) is 3.26. The molecule has 0 saturated carbocycles. The molecule has 0 radical (unpaired) electrons. The maximum absolute atomic E-state index is 6.04. The quantitative estimate of drug-likeness (QED) is 0.896. The fraction of sp³-hybridized carbons (Fsp3) is 0.400. The monoisotopic (exact) mass is 312 g/mol. The van der Waals surface area contributed by atoms with Gasteiger partial charge in [0, 0.05) is 15.5 Å². The number of hydrogen-bond acceptors (Lipinski definition) is 2. The summed E-state index contributed by atoms with van der Waals surface area (Å²) in [6.07, 6.45) is 1.79. The van der Waals surface area contributed by atoms with Gasteiger partial charge in [-0.2, -0.15) is 0 Å². The largest absolute Gasteiger partial charge is 0.330 e. The molecule has 0 aliphatic heterocycles. The van der Waals surface area contributed by atoms with Gasteiger partial charge in [-0.3, -0.25) is 0 Å². The minimum atomic E-state index is -0.0245. The summed E-state index contributed by atoms with van der Waals surface area (Å²) in [6, 6.07) is 5.69. The molecule has 0 amide bonds. The zero-order chi connectivity index (χ0) is 10.6. The molecule has 15 heavy (non-hydrogen) atoms. The van der Waals surface area contributed by atoms with Crippen molar-refractivity contribution in [2.24, 2.45) is 11.5 Å². The summed E-state index contributed by atoms with van der Waals surface area (Å²) in [5.41, 5.74) is 12.4. The van der Waals surface area contributed by atoms with Gasteiger partial charge in [-0.05, 0) is 43.1 Å². The van der Waals surface area contributed by atoms with Crippen LogP contribution in [0.4, 0.5) is 0 Å². The molecule has 0 spiro atoms. The molecule has 5 heteroatoms. The molecule has 86 valence electrons. The second kappa shape index (κ2) is 7.47. The smallest absolute Gasteiger partial charge is 0.0454 e. The highest BCUT2D eigenvalue weighted by atomic mass is 79.9. The summed E-state index contributed by atoms with van der Waals surface area (Å²) in [4.78, 5) is 0. The summed E-state index contributed by atoms with van der Waals surface area (Å²) in [5, 5.41) is 0.720. The maximum Gasteiger partial charge on any atom is 0.0454 e. The molecule has 0 aliphatic carbocycles. The molecule has 2 nitrogen and oxygen atoms in total. The first-order valence-electron chi connectivity index (χ1n) is 4.55. The SMILES string of the molecule is Cl.NCCC[C@@H](N)c1cc(Br)ccc1Cl. The summed E-state index contributed by atoms with van der Waals surface area (Å²) in [7, 11) is 0. The van der Waals surface area contributed by atoms with Gasteiger partial charge in [0.05, 0.1) is 0 Å². The third-order valence-electron chi connectivity index (χ3n) is 2.08. The topological polar surface area (TPSA) is 52.0 Å². The van der Waals surface area contributed by atoms with Crippen molar-refractivity contribution in [1.29, 1.82) is 0 Å². The van der Waals surface area contributed by atoms with Gasteiger partial charge in [0.25, 0.3) is 0 Å². The third-order valence-corrected chi connectivity index (χ3v) is 2.91. The first-order chi connectivity index (χ1) is 6.65. The summed E-state index contributed by atoms with van der Waals surface area (Å²) in [6.45, 7) is 0.666. The molecule has 1 rings (SSSR count). The van der Waals surface area contributed by atoms with Crippen molar-refractivity contribution in [2.75, 3.05) is 6.54 Å². The molecule has 0 bridgehead atoms. The number of rotatable bonds is 4. The Bertz CT molecular complexity index is 307. The zero-order valence-electron chi connectivity index (χ0n) is 8.25. The molecule has 0 unspecified atom stereocenters. The Morgan fingerprint density at radius 2 is 2.07 bits per heavy atom. The second-order valence-corrected chi connectivity index (χ2v) is 4.53. The molecule has 0 saturated heterocycles. The lowest BCUT2D eigenvalue weighted by atomic mass is 10.0. The average Bonchev–Trinajstić information content (AvgIpc) is 2.18. The number of nitrogens with two attached hydrogens (primary N) is 2. The zero-order valence-corrected chi connectivity index (χ0v) is 11.4. The van der Waals surface area contributed by atoms with Crippen LogP contribution in [0.25, 0.3) is 0 Å². The van der Waals surface area contributed by atoms with E-state index in [0.717, 1.165) is 27.9 Å². The lowest BCUT2D eigenvalue weighted by Crippen LogP contribution is -2.13. The van der Waals surface area contributed by atoms with Gasteiger partial charge >= 0.3 is 0 Å². The van der Waals surface area contributed by atoms with Gasteiger partial charge in [-0.25, -0.2) is 0 Å². The molecule has 0 aromatic heterocycles. The van der Waals surface area contributed by atoms with Crippen molar-refractivity contribution < 1.29 is 0 Å². The van der Waals surface area contributed by atoms with E-state index >= 15 is 0 Å². The predicted molar refractivity (Wildman–Crippen MR) is 71.6 cm³/mol. The van der Waals surface area contributed by atoms with E-state index in [0.29, 0.717) is 6.54 Å². The van der Waals surface area contributed by atoms with Gasteiger partial charge in [-0.1, -0.05) is 27.5 Å². The van der Waals surface area contributed by atoms with Crippen LogP contribution in [-0.4, -0.2) is 6.54 Å². The molecule has 1 aromatic carbocycles. The molecule has 1 atom stereocenters. The van der Waals surface area contributed by atoms with E-state index in [1.807, 2.05) is 18.2 Å². The standard InChI is InChI=1S/C10H14BrClN2.ClH/c11-7-3-4-9(12)8(6-7)10(14)2-1-5-13;/h3-4,6,10H,1-2,5,13-14H2;1H/t10-;/m1./s1. The first-order valence-corrected chi connectivity index (χ1v) is 5.73. The highest BCUT2D eigenvalue weighted by Crippen LogP contribution is 2.27. The Kier molecular flexibility index (Phi) is 7.57. The van der Waals surface area contributed by atoms with E-state index in [2.05, 4.69) is 15.9 Å². The lowest BCUT2D eigenvalue weighted by Gasteiger charge is -2.13. The highest BCUT2D eigenvalue weighted by Gasteiger charge is 2.09. The minimum absolute atomic E-state index is 0. The summed E-state index contributed by atoms with van der Waals surface area (Å²) < 4.78 is 1.00. The van der Waals surface area contributed by atoms with Gasteiger partial charge < -0.3 is 11.5 Å². The Hall–Kier alpha value is 0.200. The van der Waals surface area contributed by atoms with Crippen molar-refractivity contribution in [3.63, 3.8) is 0 Å². The summed E-state index contributed by atoms with van der Waals surface area (Å²) >= 11 is 9.43. The van der Waals surface area contributed by atoms with Crippen LogP contribution in [0.3, 0.4) is 0 Å². The van der Waals surface area contributed by atoms with E-state index in [4.69, 9.17) is 23.1 Å². The Labute approximate surface area is 110 Å². The number of halogens is 3. The van der Waals surface area contributed by atoms with E-state index < -0.39 is 0 Å². The van der Waals surface area contributed by atoms with Crippen LogP contribution in [0.5, 0.6) is 0 Å². The van der Waals surface area contributed by atoms with Crippen LogP contribution in [0.2, 0.25) is 5.02 Å². The van der Waals surface area contributed by atoms with Crippen LogP contribution in [0.1, 0.15) is 24.4 Å². The minimum Gasteiger partial charge on any atom is -0.330 e. The van der Waals surface area contributed by atoms with Crippen LogP contribution >= 0.6 is 39.9 Å². The molecule has 4 N–H and O–H groups in total. The van der Waals surface area contributed by atoms with Gasteiger partial charge in [-0.15, -0.1) is 12.4 Å². The first kappa shape index (κ1) is 15.2. The van der Waals surface area contributed by atoms with E-state index in [1.165, 1.54) is 0 Å². The average molecular weight is 314 g/mol. The van der Waals surface area contributed by atoms with Crippen molar-refractivity contribution in [3.05, 3.63) is 33.3 Å². The fourth-order valence-electron chi connectivity index (χ4n) is 1.29. The molecule has 0 aliphatic rings. The van der Waals surface area contributed by atoms with E-state index in [1.54, 1.807) is 0 Å². The van der Waals surface area contributed by atoms with E-state index in [9.17, 15) is 0 Å². The number of benzene rings is 1. The fourth-order valence-corrected chi connectivity index (χ4v) is 1.93. The summed E-state index contributed by atoms with van der Waals surface area (Å²) in [5.74, 6) is 0. The van der Waals surface area contributed by atoms with Gasteiger partial charge in [0.1, 0.15) is 0 Å². The van der Waals surface area contributed by atoms with Gasteiger partial charge in [0.15, 0.2) is 0 Å². The van der Waals surface area contributed by atoms with Crippen molar-refractivity contribution >= 4 is 39.9 Å². The lowest BCUT2D eigenvalue weighted by molar-refractivity contribution is 0.618. The molecule has 0 fully saturated rings. The molecular formula is C10H15BrCl2N2. The second-order valence-electron chi connectivity index (χ2n) is 3.20. The van der Waals surface area contributed by atoms with Crippen LogP contribution < -0.4 is 11.5 Å². The number of hydrogen-bond donors (Lipinski definition) is 2. The molecular weight excluding hydrogens is 299 g/mol. The van der Waals surface area contributed by atoms with Gasteiger partial charge in [0.2, 0.25) is 0 Å². The normalized spacial score (nSPS) is 12.0. The Morgan fingerprint density at radius 3 is 2.67 bits per heavy atom. The van der Waals surface area contributed by atoms with Crippen molar-refractivity contribution in [3.8, 4) is 0 Å². The molecule has 1 aromatic rings. The van der Waals surface area contributed by atoms with Crippen LogP contribution in [-0.2, 0) is 0 Å². The van der Waals surface area contributed by atoms with E-state index in [-0.39, 0.29) is 18.4 Å². The van der Waals surface area contributed by atoms with Crippen LogP contribution in [0.15, 0.2) is 22.7 Å². The van der Waals surface area contributed by atoms with Crippen LogP contribution in [0, 0.1) is 0 Å². The highest BCUT2D eigenvalue weighted by molar-refractivity contribution is 9.10. The Balaban J connectivity index is 0.00000196. The maximum atomic E-state index is 6.04. The third kappa shape index (κ3) is 4.70. The van der Waals surface area contributed by atoms with Crippen molar-refractivity contribution in [2.45, 2.75) is 18.9 Å². The van der Waals surface area contributed by atoms with Crippen molar-refractivity contribution in [1.82, 2.24) is 0 Å².